The molecule has 4 nitrogen and oxygen atoms in total. The molecule has 0 radical (unpaired) electrons. The van der Waals surface area contributed by atoms with E-state index >= 15 is 0 Å². The van der Waals surface area contributed by atoms with Crippen molar-refractivity contribution in [3.8, 4) is 0 Å². The Morgan fingerprint density at radius 2 is 2.17 bits per heavy atom. The first-order valence-electron chi connectivity index (χ1n) is 5.73. The van der Waals surface area contributed by atoms with Crippen LogP contribution in [0.1, 0.15) is 17.5 Å². The lowest BCUT2D eigenvalue weighted by molar-refractivity contribution is -0.131. The molecular formula is C13H14O4S. The molecular weight excluding hydrogens is 252 g/mol. The summed E-state index contributed by atoms with van der Waals surface area (Å²) in [5.74, 6) is -0.756. The van der Waals surface area contributed by atoms with E-state index in [-0.39, 0.29) is 5.75 Å². The molecule has 0 amide bonds. The lowest BCUT2D eigenvalue weighted by atomic mass is 10.0. The fraction of sp³-hybridized carbons (Fsp3) is 0.308. The van der Waals surface area contributed by atoms with Crippen LogP contribution in [0.4, 0.5) is 0 Å². The largest absolute Gasteiger partial charge is 0.478 e. The molecule has 0 bridgehead atoms. The van der Waals surface area contributed by atoms with Crippen molar-refractivity contribution in [3.63, 3.8) is 0 Å². The number of hydrogen-bond acceptors (Lipinski definition) is 3. The quantitative estimate of drug-likeness (QED) is 0.843. The number of carboxylic acid groups (broad SMARTS) is 1. The second-order valence-corrected chi connectivity index (χ2v) is 6.39. The number of carbonyl (C=O) groups is 1. The molecule has 96 valence electrons. The van der Waals surface area contributed by atoms with E-state index in [0.29, 0.717) is 17.7 Å². The summed E-state index contributed by atoms with van der Waals surface area (Å²) in [5.41, 5.74) is 1.78. The van der Waals surface area contributed by atoms with Gasteiger partial charge in [0, 0.05) is 6.08 Å². The molecule has 0 saturated heterocycles. The summed E-state index contributed by atoms with van der Waals surface area (Å²) in [4.78, 5) is 10.8. The predicted octanol–water partition coefficient (Wildman–Crippen LogP) is 1.59. The van der Waals surface area contributed by atoms with Crippen molar-refractivity contribution in [2.24, 2.45) is 0 Å². The maximum Gasteiger partial charge on any atom is 0.327 e. The Morgan fingerprint density at radius 3 is 2.89 bits per heavy atom. The van der Waals surface area contributed by atoms with Gasteiger partial charge in [-0.1, -0.05) is 18.2 Å². The van der Waals surface area contributed by atoms with Crippen LogP contribution in [0, 0.1) is 0 Å². The molecule has 1 N–H and O–H groups in total. The Labute approximate surface area is 106 Å². The van der Waals surface area contributed by atoms with Crippen LogP contribution < -0.4 is 0 Å². The van der Waals surface area contributed by atoms with Gasteiger partial charge in [-0.15, -0.1) is 0 Å². The minimum atomic E-state index is -3.10. The van der Waals surface area contributed by atoms with Crippen LogP contribution in [-0.2, 0) is 27.5 Å². The number of rotatable bonds is 3. The fourth-order valence-electron chi connectivity index (χ4n) is 2.12. The van der Waals surface area contributed by atoms with Crippen molar-refractivity contribution >= 4 is 15.8 Å². The minimum Gasteiger partial charge on any atom is -0.478 e. The maximum absolute atomic E-state index is 11.8. The summed E-state index contributed by atoms with van der Waals surface area (Å²) in [6.07, 6.45) is 4.58. The summed E-state index contributed by atoms with van der Waals surface area (Å²) in [6, 6.07) is 5.24. The SMILES string of the molecule is O=C(O)/C=C/Cc1ccc2c(c1)CCCS2(=O)=O. The molecule has 0 atom stereocenters. The van der Waals surface area contributed by atoms with E-state index in [1.54, 1.807) is 18.2 Å². The highest BCUT2D eigenvalue weighted by molar-refractivity contribution is 7.91. The van der Waals surface area contributed by atoms with Gasteiger partial charge < -0.3 is 5.11 Å². The third-order valence-electron chi connectivity index (χ3n) is 2.93. The monoisotopic (exact) mass is 266 g/mol. The van der Waals surface area contributed by atoms with E-state index in [4.69, 9.17) is 5.11 Å². The van der Waals surface area contributed by atoms with Crippen molar-refractivity contribution in [2.45, 2.75) is 24.2 Å². The topological polar surface area (TPSA) is 71.4 Å². The number of sulfone groups is 1. The number of aliphatic carboxylic acids is 1. The molecule has 1 aliphatic rings. The van der Waals surface area contributed by atoms with Crippen LogP contribution in [0.2, 0.25) is 0 Å². The summed E-state index contributed by atoms with van der Waals surface area (Å²) < 4.78 is 23.6. The number of carboxylic acids is 1. The molecule has 0 fully saturated rings. The van der Waals surface area contributed by atoms with Crippen LogP contribution in [0.15, 0.2) is 35.2 Å². The Balaban J connectivity index is 2.25. The molecule has 0 saturated carbocycles. The van der Waals surface area contributed by atoms with Crippen molar-refractivity contribution in [1.29, 1.82) is 0 Å². The Hall–Kier alpha value is -1.62. The number of aryl methyl sites for hydroxylation is 1. The molecule has 1 aliphatic heterocycles. The van der Waals surface area contributed by atoms with Gasteiger partial charge in [-0.3, -0.25) is 0 Å². The molecule has 1 aromatic carbocycles. The summed E-state index contributed by atoms with van der Waals surface area (Å²) in [7, 11) is -3.10. The van der Waals surface area contributed by atoms with Gasteiger partial charge >= 0.3 is 5.97 Å². The molecule has 0 aliphatic carbocycles. The van der Waals surface area contributed by atoms with Crippen LogP contribution in [0.5, 0.6) is 0 Å². The molecule has 0 aromatic heterocycles. The van der Waals surface area contributed by atoms with Gasteiger partial charge in [-0.05, 0) is 36.5 Å². The third kappa shape index (κ3) is 2.79. The van der Waals surface area contributed by atoms with Gasteiger partial charge in [-0.25, -0.2) is 13.2 Å². The van der Waals surface area contributed by atoms with Crippen molar-refractivity contribution in [1.82, 2.24) is 0 Å². The molecule has 1 aromatic rings. The van der Waals surface area contributed by atoms with Crippen molar-refractivity contribution in [2.75, 3.05) is 5.75 Å². The van der Waals surface area contributed by atoms with E-state index in [2.05, 4.69) is 0 Å². The van der Waals surface area contributed by atoms with Gasteiger partial charge in [0.1, 0.15) is 0 Å². The summed E-state index contributed by atoms with van der Waals surface area (Å²) in [5, 5.41) is 8.49. The molecule has 5 heteroatoms. The third-order valence-corrected chi connectivity index (χ3v) is 4.83. The predicted molar refractivity (Wildman–Crippen MR) is 67.3 cm³/mol. The molecule has 1 heterocycles. The average molecular weight is 266 g/mol. The van der Waals surface area contributed by atoms with Crippen LogP contribution in [-0.4, -0.2) is 25.2 Å². The van der Waals surface area contributed by atoms with Gasteiger partial charge in [-0.2, -0.15) is 0 Å². The first kappa shape index (κ1) is 12.8. The van der Waals surface area contributed by atoms with Gasteiger partial charge in [0.25, 0.3) is 0 Å². The minimum absolute atomic E-state index is 0.220. The van der Waals surface area contributed by atoms with Gasteiger partial charge in [0.05, 0.1) is 10.6 Å². The van der Waals surface area contributed by atoms with Crippen LogP contribution >= 0.6 is 0 Å². The first-order valence-corrected chi connectivity index (χ1v) is 7.38. The second-order valence-electron chi connectivity index (χ2n) is 4.31. The number of benzene rings is 1. The van der Waals surface area contributed by atoms with Crippen LogP contribution in [0.3, 0.4) is 0 Å². The zero-order valence-electron chi connectivity index (χ0n) is 9.80. The molecule has 18 heavy (non-hydrogen) atoms. The molecule has 0 spiro atoms. The zero-order chi connectivity index (χ0) is 13.2. The van der Waals surface area contributed by atoms with Crippen molar-refractivity contribution in [3.05, 3.63) is 41.5 Å². The second kappa shape index (κ2) is 4.94. The van der Waals surface area contributed by atoms with E-state index in [0.717, 1.165) is 23.6 Å². The Kier molecular flexibility index (Phi) is 3.52. The lowest BCUT2D eigenvalue weighted by Crippen LogP contribution is -2.16. The van der Waals surface area contributed by atoms with E-state index < -0.39 is 15.8 Å². The highest BCUT2D eigenvalue weighted by Gasteiger charge is 2.23. The Bertz CT molecular complexity index is 599. The van der Waals surface area contributed by atoms with E-state index in [1.165, 1.54) is 0 Å². The first-order chi connectivity index (χ1) is 8.49. The smallest absolute Gasteiger partial charge is 0.327 e. The molecule has 0 unspecified atom stereocenters. The lowest BCUT2D eigenvalue weighted by Gasteiger charge is -2.16. The maximum atomic E-state index is 11.8. The van der Waals surface area contributed by atoms with E-state index in [1.807, 2.05) is 6.07 Å². The van der Waals surface area contributed by atoms with E-state index in [9.17, 15) is 13.2 Å². The fourth-order valence-corrected chi connectivity index (χ4v) is 3.70. The van der Waals surface area contributed by atoms with Crippen LogP contribution in [0.25, 0.3) is 0 Å². The number of allylic oxidation sites excluding steroid dienone is 1. The summed E-state index contributed by atoms with van der Waals surface area (Å²) in [6.45, 7) is 0. The summed E-state index contributed by atoms with van der Waals surface area (Å²) >= 11 is 0. The number of hydrogen-bond donors (Lipinski definition) is 1. The highest BCUT2D eigenvalue weighted by Crippen LogP contribution is 2.26. The zero-order valence-corrected chi connectivity index (χ0v) is 10.6. The highest BCUT2D eigenvalue weighted by atomic mass is 32.2. The Morgan fingerprint density at radius 1 is 1.39 bits per heavy atom. The molecule has 2 rings (SSSR count). The van der Waals surface area contributed by atoms with Gasteiger partial charge in [0.15, 0.2) is 9.84 Å². The standard InChI is InChI=1S/C13H14O4S/c14-13(15)5-1-3-10-6-7-12-11(9-10)4-2-8-18(12,16)17/h1,5-7,9H,2-4,8H2,(H,14,15)/b5-1+. The normalized spacial score (nSPS) is 17.6. The van der Waals surface area contributed by atoms with Crippen molar-refractivity contribution < 1.29 is 18.3 Å². The van der Waals surface area contributed by atoms with Gasteiger partial charge in [0.2, 0.25) is 0 Å². The number of fused-ring (bicyclic) bond motifs is 1. The average Bonchev–Trinajstić information content (AvgIpc) is 2.27.